The van der Waals surface area contributed by atoms with Crippen molar-refractivity contribution in [2.75, 3.05) is 7.11 Å². The van der Waals surface area contributed by atoms with Crippen LogP contribution in [-0.2, 0) is 22.1 Å². The molecule has 0 saturated carbocycles. The van der Waals surface area contributed by atoms with Crippen molar-refractivity contribution in [2.45, 2.75) is 38.9 Å². The number of rotatable bonds is 8. The lowest BCUT2D eigenvalue weighted by molar-refractivity contribution is -0.140. The molecule has 0 bridgehead atoms. The number of amides is 1. The van der Waals surface area contributed by atoms with Gasteiger partial charge in [-0.3, -0.25) is 9.59 Å². The summed E-state index contributed by atoms with van der Waals surface area (Å²) in [6.45, 7) is 3.45. The number of hydrogen-bond donors (Lipinski definition) is 1. The van der Waals surface area contributed by atoms with E-state index in [9.17, 15) is 27.2 Å². The standard InChI is InChI=1S/C27H24ClF4NO4/c1-15-10-21(7-4-17(15)5-9-25(34)36-3)37-22-12-18(11-20(29)14-22)16(2)33-26(35)23-8-6-19(13-24(23)28)27(30,31)32/h4,6-8,10-14,16H,5,9H2,1-3H3,(H,33,35)/t16-/m1/s1. The Kier molecular flexibility index (Phi) is 8.81. The molecule has 10 heteroatoms. The van der Waals surface area contributed by atoms with Gasteiger partial charge in [-0.15, -0.1) is 0 Å². The summed E-state index contributed by atoms with van der Waals surface area (Å²) in [5, 5.41) is 2.26. The van der Waals surface area contributed by atoms with E-state index in [1.807, 2.05) is 13.0 Å². The first-order chi connectivity index (χ1) is 17.4. The van der Waals surface area contributed by atoms with Crippen LogP contribution in [0.4, 0.5) is 17.6 Å². The molecule has 1 amide bonds. The monoisotopic (exact) mass is 537 g/mol. The van der Waals surface area contributed by atoms with Gasteiger partial charge in [-0.25, -0.2) is 4.39 Å². The number of esters is 1. The van der Waals surface area contributed by atoms with Gasteiger partial charge in [-0.2, -0.15) is 13.2 Å². The van der Waals surface area contributed by atoms with Crippen LogP contribution < -0.4 is 10.1 Å². The Balaban J connectivity index is 1.73. The lowest BCUT2D eigenvalue weighted by Crippen LogP contribution is -2.27. The van der Waals surface area contributed by atoms with Crippen LogP contribution in [0.25, 0.3) is 0 Å². The number of halogens is 5. The van der Waals surface area contributed by atoms with E-state index in [2.05, 4.69) is 10.1 Å². The van der Waals surface area contributed by atoms with Gasteiger partial charge in [0, 0.05) is 12.5 Å². The van der Waals surface area contributed by atoms with Crippen LogP contribution >= 0.6 is 11.6 Å². The Hall–Kier alpha value is -3.59. The number of benzene rings is 3. The van der Waals surface area contributed by atoms with E-state index in [4.69, 9.17) is 16.3 Å². The molecular formula is C27H24ClF4NO4. The third-order valence-electron chi connectivity index (χ3n) is 5.66. The molecule has 3 rings (SSSR count). The average Bonchev–Trinajstić information content (AvgIpc) is 2.82. The molecule has 5 nitrogen and oxygen atoms in total. The maximum Gasteiger partial charge on any atom is 0.416 e. The van der Waals surface area contributed by atoms with Crippen molar-refractivity contribution in [3.63, 3.8) is 0 Å². The zero-order valence-corrected chi connectivity index (χ0v) is 21.0. The van der Waals surface area contributed by atoms with E-state index in [1.165, 1.54) is 19.2 Å². The lowest BCUT2D eigenvalue weighted by atomic mass is 10.0. The molecular weight excluding hydrogens is 514 g/mol. The summed E-state index contributed by atoms with van der Waals surface area (Å²) in [5.41, 5.74) is 1.08. The second-order valence-electron chi connectivity index (χ2n) is 8.37. The molecule has 0 aliphatic carbocycles. The SMILES string of the molecule is COC(=O)CCc1ccc(Oc2cc(F)cc([C@@H](C)NC(=O)c3ccc(C(F)(F)F)cc3Cl)c2)cc1C. The average molecular weight is 538 g/mol. The summed E-state index contributed by atoms with van der Waals surface area (Å²) >= 11 is 5.90. The maximum atomic E-state index is 14.4. The predicted octanol–water partition coefficient (Wildman–Crippen LogP) is 7.20. The summed E-state index contributed by atoms with van der Waals surface area (Å²) in [4.78, 5) is 24.0. The van der Waals surface area contributed by atoms with E-state index in [0.717, 1.165) is 23.3 Å². The minimum atomic E-state index is -4.59. The van der Waals surface area contributed by atoms with Crippen LogP contribution in [0.2, 0.25) is 5.02 Å². The third-order valence-corrected chi connectivity index (χ3v) is 5.97. The summed E-state index contributed by atoms with van der Waals surface area (Å²) in [5.74, 6) is -0.994. The zero-order chi connectivity index (χ0) is 27.3. The molecule has 37 heavy (non-hydrogen) atoms. The van der Waals surface area contributed by atoms with Gasteiger partial charge in [0.05, 0.1) is 29.3 Å². The summed E-state index contributed by atoms with van der Waals surface area (Å²) in [6, 6.07) is 10.9. The number of methoxy groups -OCH3 is 1. The number of ether oxygens (including phenoxy) is 2. The van der Waals surface area contributed by atoms with Crippen LogP contribution in [0.15, 0.2) is 54.6 Å². The van der Waals surface area contributed by atoms with E-state index >= 15 is 0 Å². The smallest absolute Gasteiger partial charge is 0.416 e. The quantitative estimate of drug-likeness (QED) is 0.244. The van der Waals surface area contributed by atoms with Crippen molar-refractivity contribution in [1.82, 2.24) is 5.32 Å². The summed E-state index contributed by atoms with van der Waals surface area (Å²) in [6.07, 6.45) is -3.85. The molecule has 1 atom stereocenters. The number of carbonyl (C=O) groups is 2. The largest absolute Gasteiger partial charge is 0.469 e. The van der Waals surface area contributed by atoms with Crippen LogP contribution in [0, 0.1) is 12.7 Å². The predicted molar refractivity (Wildman–Crippen MR) is 130 cm³/mol. The molecule has 0 spiro atoms. The zero-order valence-electron chi connectivity index (χ0n) is 20.2. The van der Waals surface area contributed by atoms with Gasteiger partial charge >= 0.3 is 12.1 Å². The van der Waals surface area contributed by atoms with Gasteiger partial charge in [0.1, 0.15) is 17.3 Å². The number of hydrogen-bond acceptors (Lipinski definition) is 4. The number of aryl methyl sites for hydroxylation is 2. The Morgan fingerprint density at radius 1 is 1.03 bits per heavy atom. The van der Waals surface area contributed by atoms with Gasteiger partial charge < -0.3 is 14.8 Å². The third kappa shape index (κ3) is 7.45. The van der Waals surface area contributed by atoms with E-state index < -0.39 is 29.5 Å². The second kappa shape index (κ2) is 11.6. The second-order valence-corrected chi connectivity index (χ2v) is 8.78. The first-order valence-corrected chi connectivity index (χ1v) is 11.6. The highest BCUT2D eigenvalue weighted by atomic mass is 35.5. The molecule has 0 aromatic heterocycles. The molecule has 0 heterocycles. The highest BCUT2D eigenvalue weighted by molar-refractivity contribution is 6.33. The number of alkyl halides is 3. The van der Waals surface area contributed by atoms with E-state index in [0.29, 0.717) is 23.8 Å². The van der Waals surface area contributed by atoms with Crippen molar-refractivity contribution >= 4 is 23.5 Å². The first kappa shape index (κ1) is 28.0. The Morgan fingerprint density at radius 2 is 1.76 bits per heavy atom. The Bertz CT molecular complexity index is 1310. The minimum Gasteiger partial charge on any atom is -0.469 e. The molecule has 0 radical (unpaired) electrons. The van der Waals surface area contributed by atoms with Crippen molar-refractivity contribution in [1.29, 1.82) is 0 Å². The normalized spacial score (nSPS) is 12.1. The van der Waals surface area contributed by atoms with Crippen LogP contribution in [-0.4, -0.2) is 19.0 Å². The van der Waals surface area contributed by atoms with Crippen LogP contribution in [0.1, 0.15) is 52.0 Å². The van der Waals surface area contributed by atoms with Crippen molar-refractivity contribution < 1.29 is 36.6 Å². The van der Waals surface area contributed by atoms with Crippen molar-refractivity contribution in [3.8, 4) is 11.5 Å². The fourth-order valence-corrected chi connectivity index (χ4v) is 3.88. The molecule has 0 saturated heterocycles. The van der Waals surface area contributed by atoms with E-state index in [1.54, 1.807) is 25.1 Å². The summed E-state index contributed by atoms with van der Waals surface area (Å²) in [7, 11) is 1.33. The molecule has 3 aromatic carbocycles. The summed E-state index contributed by atoms with van der Waals surface area (Å²) < 4.78 is 63.4. The van der Waals surface area contributed by atoms with Crippen molar-refractivity contribution in [2.24, 2.45) is 0 Å². The van der Waals surface area contributed by atoms with Gasteiger partial charge in [-0.1, -0.05) is 17.7 Å². The molecule has 0 unspecified atom stereocenters. The molecule has 1 N–H and O–H groups in total. The molecule has 0 aliphatic heterocycles. The molecule has 3 aromatic rings. The van der Waals surface area contributed by atoms with Gasteiger partial charge in [0.2, 0.25) is 0 Å². The fraction of sp³-hybridized carbons (Fsp3) is 0.259. The topological polar surface area (TPSA) is 64.6 Å². The number of nitrogens with one attached hydrogen (secondary N) is 1. The minimum absolute atomic E-state index is 0.142. The van der Waals surface area contributed by atoms with Crippen LogP contribution in [0.5, 0.6) is 11.5 Å². The Labute approximate surface area is 216 Å². The lowest BCUT2D eigenvalue weighted by Gasteiger charge is -2.17. The van der Waals surface area contributed by atoms with Gasteiger partial charge in [0.25, 0.3) is 5.91 Å². The number of carbonyl (C=O) groups excluding carboxylic acids is 2. The van der Waals surface area contributed by atoms with Crippen LogP contribution in [0.3, 0.4) is 0 Å². The van der Waals surface area contributed by atoms with E-state index in [-0.39, 0.29) is 28.7 Å². The fourth-order valence-electron chi connectivity index (χ4n) is 3.61. The first-order valence-electron chi connectivity index (χ1n) is 11.2. The van der Waals surface area contributed by atoms with Crippen molar-refractivity contribution in [3.05, 3.63) is 93.3 Å². The molecule has 196 valence electrons. The molecule has 0 aliphatic rings. The van der Waals surface area contributed by atoms with Gasteiger partial charge in [0.15, 0.2) is 0 Å². The Morgan fingerprint density at radius 3 is 2.38 bits per heavy atom. The molecule has 0 fully saturated rings. The highest BCUT2D eigenvalue weighted by Crippen LogP contribution is 2.33. The van der Waals surface area contributed by atoms with Gasteiger partial charge in [-0.05, 0) is 79.4 Å². The maximum absolute atomic E-state index is 14.4. The highest BCUT2D eigenvalue weighted by Gasteiger charge is 2.31.